The van der Waals surface area contributed by atoms with Crippen molar-refractivity contribution in [2.45, 2.75) is 13.5 Å². The van der Waals surface area contributed by atoms with Crippen molar-refractivity contribution in [3.8, 4) is 0 Å². The number of guanidine groups is 1. The SMILES string of the molecule is CN=C(NCCOC)N(C)Cc1ccccc1C. The Morgan fingerprint density at radius 3 is 2.72 bits per heavy atom. The summed E-state index contributed by atoms with van der Waals surface area (Å²) >= 11 is 0. The van der Waals surface area contributed by atoms with E-state index in [1.807, 2.05) is 7.05 Å². The van der Waals surface area contributed by atoms with E-state index >= 15 is 0 Å². The van der Waals surface area contributed by atoms with Gasteiger partial charge in [0.1, 0.15) is 0 Å². The van der Waals surface area contributed by atoms with Crippen LogP contribution in [-0.4, -0.2) is 45.2 Å². The number of nitrogens with one attached hydrogen (secondary N) is 1. The minimum atomic E-state index is 0.678. The predicted molar refractivity (Wildman–Crippen MR) is 75.9 cm³/mol. The Labute approximate surface area is 110 Å². The summed E-state index contributed by atoms with van der Waals surface area (Å²) in [5.41, 5.74) is 2.62. The van der Waals surface area contributed by atoms with Crippen molar-refractivity contribution >= 4 is 5.96 Å². The summed E-state index contributed by atoms with van der Waals surface area (Å²) in [6, 6.07) is 8.40. The molecule has 0 atom stereocenters. The van der Waals surface area contributed by atoms with Crippen molar-refractivity contribution in [3.05, 3.63) is 35.4 Å². The van der Waals surface area contributed by atoms with E-state index in [1.54, 1.807) is 14.2 Å². The first-order chi connectivity index (χ1) is 8.69. The van der Waals surface area contributed by atoms with Crippen LogP contribution >= 0.6 is 0 Å². The largest absolute Gasteiger partial charge is 0.383 e. The lowest BCUT2D eigenvalue weighted by Gasteiger charge is -2.22. The van der Waals surface area contributed by atoms with Crippen molar-refractivity contribution in [3.63, 3.8) is 0 Å². The third kappa shape index (κ3) is 4.37. The monoisotopic (exact) mass is 249 g/mol. The first-order valence-electron chi connectivity index (χ1n) is 6.14. The van der Waals surface area contributed by atoms with Crippen LogP contribution in [0.4, 0.5) is 0 Å². The van der Waals surface area contributed by atoms with Gasteiger partial charge in [0, 0.05) is 34.3 Å². The zero-order valence-electron chi connectivity index (χ0n) is 11.7. The Morgan fingerprint density at radius 1 is 1.39 bits per heavy atom. The maximum atomic E-state index is 5.02. The van der Waals surface area contributed by atoms with Crippen LogP contribution in [0.1, 0.15) is 11.1 Å². The van der Waals surface area contributed by atoms with Gasteiger partial charge in [0.15, 0.2) is 5.96 Å². The van der Waals surface area contributed by atoms with Gasteiger partial charge in [-0.3, -0.25) is 4.99 Å². The zero-order valence-corrected chi connectivity index (χ0v) is 11.7. The number of hydrogen-bond acceptors (Lipinski definition) is 2. The van der Waals surface area contributed by atoms with Gasteiger partial charge in [0.05, 0.1) is 6.61 Å². The molecule has 1 aromatic carbocycles. The summed E-state index contributed by atoms with van der Waals surface area (Å²) < 4.78 is 5.02. The summed E-state index contributed by atoms with van der Waals surface area (Å²) in [7, 11) is 5.53. The second-order valence-electron chi connectivity index (χ2n) is 4.25. The lowest BCUT2D eigenvalue weighted by molar-refractivity contribution is 0.203. The van der Waals surface area contributed by atoms with Crippen molar-refractivity contribution in [2.75, 3.05) is 34.4 Å². The molecule has 0 aliphatic carbocycles. The highest BCUT2D eigenvalue weighted by atomic mass is 16.5. The standard InChI is InChI=1S/C14H23N3O/c1-12-7-5-6-8-13(12)11-17(3)14(15-2)16-9-10-18-4/h5-8H,9-11H2,1-4H3,(H,15,16). The van der Waals surface area contributed by atoms with E-state index < -0.39 is 0 Å². The summed E-state index contributed by atoms with van der Waals surface area (Å²) in [5.74, 6) is 0.885. The summed E-state index contributed by atoms with van der Waals surface area (Å²) in [5, 5.41) is 3.26. The predicted octanol–water partition coefficient (Wildman–Crippen LogP) is 1.65. The molecule has 18 heavy (non-hydrogen) atoms. The van der Waals surface area contributed by atoms with E-state index in [1.165, 1.54) is 11.1 Å². The maximum absolute atomic E-state index is 5.02. The fourth-order valence-electron chi connectivity index (χ4n) is 1.77. The molecule has 0 saturated heterocycles. The summed E-state index contributed by atoms with van der Waals surface area (Å²) in [6.07, 6.45) is 0. The number of methoxy groups -OCH3 is 1. The van der Waals surface area contributed by atoms with Gasteiger partial charge in [0.25, 0.3) is 0 Å². The smallest absolute Gasteiger partial charge is 0.193 e. The molecule has 0 spiro atoms. The van der Waals surface area contributed by atoms with E-state index in [-0.39, 0.29) is 0 Å². The van der Waals surface area contributed by atoms with Crippen LogP contribution < -0.4 is 5.32 Å². The molecule has 1 aromatic rings. The molecule has 0 amide bonds. The molecule has 0 bridgehead atoms. The highest BCUT2D eigenvalue weighted by Gasteiger charge is 2.07. The van der Waals surface area contributed by atoms with Gasteiger partial charge in [-0.1, -0.05) is 24.3 Å². The second kappa shape index (κ2) is 7.71. The number of nitrogens with zero attached hydrogens (tertiary/aromatic N) is 2. The van der Waals surface area contributed by atoms with Gasteiger partial charge in [0.2, 0.25) is 0 Å². The highest BCUT2D eigenvalue weighted by molar-refractivity contribution is 5.79. The Bertz CT molecular complexity index is 390. The first kappa shape index (κ1) is 14.5. The second-order valence-corrected chi connectivity index (χ2v) is 4.25. The number of benzene rings is 1. The highest BCUT2D eigenvalue weighted by Crippen LogP contribution is 2.09. The van der Waals surface area contributed by atoms with Crippen molar-refractivity contribution in [1.29, 1.82) is 0 Å². The van der Waals surface area contributed by atoms with Crippen molar-refractivity contribution in [2.24, 2.45) is 4.99 Å². The molecule has 4 heteroatoms. The molecule has 0 aromatic heterocycles. The third-order valence-corrected chi connectivity index (χ3v) is 2.83. The van der Waals surface area contributed by atoms with Crippen LogP contribution in [0.3, 0.4) is 0 Å². The fraction of sp³-hybridized carbons (Fsp3) is 0.500. The van der Waals surface area contributed by atoms with Crippen LogP contribution in [0.5, 0.6) is 0 Å². The van der Waals surface area contributed by atoms with Gasteiger partial charge < -0.3 is 15.0 Å². The number of hydrogen-bond donors (Lipinski definition) is 1. The molecule has 0 heterocycles. The van der Waals surface area contributed by atoms with Crippen LogP contribution in [0, 0.1) is 6.92 Å². The lowest BCUT2D eigenvalue weighted by Crippen LogP contribution is -2.39. The van der Waals surface area contributed by atoms with Crippen LogP contribution in [0.15, 0.2) is 29.3 Å². The van der Waals surface area contributed by atoms with E-state index in [9.17, 15) is 0 Å². The number of aryl methyl sites for hydroxylation is 1. The molecule has 0 radical (unpaired) electrons. The quantitative estimate of drug-likeness (QED) is 0.490. The normalized spacial score (nSPS) is 11.4. The molecular formula is C14H23N3O. The molecule has 100 valence electrons. The topological polar surface area (TPSA) is 36.9 Å². The lowest BCUT2D eigenvalue weighted by atomic mass is 10.1. The number of rotatable bonds is 5. The van der Waals surface area contributed by atoms with E-state index in [2.05, 4.69) is 46.4 Å². The minimum Gasteiger partial charge on any atom is -0.383 e. The van der Waals surface area contributed by atoms with Gasteiger partial charge in [-0.15, -0.1) is 0 Å². The molecule has 0 saturated carbocycles. The zero-order chi connectivity index (χ0) is 13.4. The summed E-state index contributed by atoms with van der Waals surface area (Å²) in [6.45, 7) is 4.42. The Morgan fingerprint density at radius 2 is 2.11 bits per heavy atom. The molecule has 1 rings (SSSR count). The maximum Gasteiger partial charge on any atom is 0.193 e. The molecular weight excluding hydrogens is 226 g/mol. The van der Waals surface area contributed by atoms with E-state index in [0.717, 1.165) is 19.0 Å². The molecule has 4 nitrogen and oxygen atoms in total. The average molecular weight is 249 g/mol. The van der Waals surface area contributed by atoms with E-state index in [0.29, 0.717) is 6.61 Å². The summed E-state index contributed by atoms with van der Waals surface area (Å²) in [4.78, 5) is 6.37. The van der Waals surface area contributed by atoms with E-state index in [4.69, 9.17) is 4.74 Å². The van der Waals surface area contributed by atoms with Crippen LogP contribution in [0.2, 0.25) is 0 Å². The van der Waals surface area contributed by atoms with Crippen molar-refractivity contribution < 1.29 is 4.74 Å². The fourth-order valence-corrected chi connectivity index (χ4v) is 1.77. The van der Waals surface area contributed by atoms with Gasteiger partial charge in [-0.05, 0) is 18.1 Å². The van der Waals surface area contributed by atoms with Gasteiger partial charge in [-0.2, -0.15) is 0 Å². The molecule has 1 N–H and O–H groups in total. The minimum absolute atomic E-state index is 0.678. The average Bonchev–Trinajstić information content (AvgIpc) is 2.37. The molecule has 0 aliphatic rings. The Kier molecular flexibility index (Phi) is 6.22. The molecule has 0 fully saturated rings. The molecule has 0 unspecified atom stereocenters. The van der Waals surface area contributed by atoms with Gasteiger partial charge >= 0.3 is 0 Å². The number of aliphatic imine (C=N–C) groups is 1. The Hall–Kier alpha value is -1.55. The molecule has 0 aliphatic heterocycles. The third-order valence-electron chi connectivity index (χ3n) is 2.83. The van der Waals surface area contributed by atoms with Crippen LogP contribution in [-0.2, 0) is 11.3 Å². The number of ether oxygens (including phenoxy) is 1. The Balaban J connectivity index is 2.58. The van der Waals surface area contributed by atoms with Crippen LogP contribution in [0.25, 0.3) is 0 Å². The first-order valence-corrected chi connectivity index (χ1v) is 6.14. The van der Waals surface area contributed by atoms with Crippen molar-refractivity contribution in [1.82, 2.24) is 10.2 Å². The van der Waals surface area contributed by atoms with Gasteiger partial charge in [-0.25, -0.2) is 0 Å².